The van der Waals surface area contributed by atoms with Gasteiger partial charge in [0, 0.05) is 61.7 Å². The summed E-state index contributed by atoms with van der Waals surface area (Å²) < 4.78 is 14.4. The van der Waals surface area contributed by atoms with Crippen molar-refractivity contribution in [3.05, 3.63) is 65.4 Å². The standard InChI is InChI=1S/C28H28N6O4S/c1-33-13-10-23(27(33)36)38-22-16-19(26(35)30-28-29-11-14-39-28)15-21(17-22)37-20-8-6-18(7-9-20)25-32-31-24-5-3-2-4-12-34(24)25/h6-9,11,14-17,23H,2-5,10,12-13H2,1H3,(H,29,30,35)/t23-/m0/s1. The Morgan fingerprint density at radius 1 is 1.03 bits per heavy atom. The van der Waals surface area contributed by atoms with Crippen LogP contribution >= 0.6 is 11.3 Å². The topological polar surface area (TPSA) is 111 Å². The zero-order valence-electron chi connectivity index (χ0n) is 21.5. The molecule has 10 nitrogen and oxygen atoms in total. The highest BCUT2D eigenvalue weighted by molar-refractivity contribution is 7.13. The number of rotatable bonds is 7. The summed E-state index contributed by atoms with van der Waals surface area (Å²) in [5.41, 5.74) is 1.30. The maximum absolute atomic E-state index is 13.0. The number of nitrogens with zero attached hydrogens (tertiary/aromatic N) is 5. The first-order chi connectivity index (χ1) is 19.0. The minimum atomic E-state index is -0.599. The van der Waals surface area contributed by atoms with Crippen LogP contribution in [0.3, 0.4) is 0 Å². The van der Waals surface area contributed by atoms with Gasteiger partial charge in [0.25, 0.3) is 11.8 Å². The number of thiazole rings is 1. The lowest BCUT2D eigenvalue weighted by molar-refractivity contribution is -0.132. The first kappa shape index (κ1) is 25.1. The van der Waals surface area contributed by atoms with Gasteiger partial charge in [-0.3, -0.25) is 14.9 Å². The van der Waals surface area contributed by atoms with Gasteiger partial charge in [-0.05, 0) is 49.2 Å². The zero-order valence-corrected chi connectivity index (χ0v) is 22.3. The normalized spacial score (nSPS) is 17.0. The third-order valence-corrected chi connectivity index (χ3v) is 7.60. The second kappa shape index (κ2) is 10.9. The molecule has 2 aromatic heterocycles. The molecule has 1 atom stereocenters. The molecular weight excluding hydrogens is 516 g/mol. The fourth-order valence-electron chi connectivity index (χ4n) is 4.85. The second-order valence-electron chi connectivity index (χ2n) is 9.67. The van der Waals surface area contributed by atoms with Gasteiger partial charge in [-0.1, -0.05) is 6.42 Å². The molecule has 0 saturated carbocycles. The van der Waals surface area contributed by atoms with E-state index in [4.69, 9.17) is 9.47 Å². The van der Waals surface area contributed by atoms with Crippen molar-refractivity contribution in [2.45, 2.75) is 44.8 Å². The summed E-state index contributed by atoms with van der Waals surface area (Å²) in [6.07, 6.45) is 6.02. The molecule has 1 fully saturated rings. The quantitative estimate of drug-likeness (QED) is 0.356. The number of anilines is 1. The highest BCUT2D eigenvalue weighted by Gasteiger charge is 2.31. The molecule has 11 heteroatoms. The van der Waals surface area contributed by atoms with Crippen molar-refractivity contribution < 1.29 is 19.1 Å². The van der Waals surface area contributed by atoms with E-state index in [-0.39, 0.29) is 11.8 Å². The molecule has 1 N–H and O–H groups in total. The van der Waals surface area contributed by atoms with Gasteiger partial charge in [-0.2, -0.15) is 0 Å². The highest BCUT2D eigenvalue weighted by atomic mass is 32.1. The summed E-state index contributed by atoms with van der Waals surface area (Å²) in [7, 11) is 1.75. The Labute approximate surface area is 229 Å². The van der Waals surface area contributed by atoms with Crippen molar-refractivity contribution >= 4 is 28.3 Å². The molecule has 1 saturated heterocycles. The number of hydrogen-bond donors (Lipinski definition) is 1. The third-order valence-electron chi connectivity index (χ3n) is 6.91. The molecular formula is C28H28N6O4S. The Morgan fingerprint density at radius 2 is 1.87 bits per heavy atom. The fraction of sp³-hybridized carbons (Fsp3) is 0.321. The maximum Gasteiger partial charge on any atom is 0.263 e. The molecule has 0 aliphatic carbocycles. The molecule has 2 aromatic carbocycles. The van der Waals surface area contributed by atoms with Gasteiger partial charge in [-0.15, -0.1) is 21.5 Å². The number of benzene rings is 2. The molecule has 2 amide bonds. The van der Waals surface area contributed by atoms with E-state index in [0.29, 0.717) is 40.9 Å². The van der Waals surface area contributed by atoms with Crippen LogP contribution in [0.1, 0.15) is 41.9 Å². The van der Waals surface area contributed by atoms with E-state index in [1.165, 1.54) is 17.8 Å². The lowest BCUT2D eigenvalue weighted by atomic mass is 10.1. The molecule has 200 valence electrons. The summed E-state index contributed by atoms with van der Waals surface area (Å²) in [5.74, 6) is 2.86. The number of aromatic nitrogens is 4. The molecule has 0 spiro atoms. The summed E-state index contributed by atoms with van der Waals surface area (Å²) in [4.78, 5) is 31.2. The predicted molar refractivity (Wildman–Crippen MR) is 146 cm³/mol. The average Bonchev–Trinajstić information content (AvgIpc) is 3.63. The smallest absolute Gasteiger partial charge is 0.263 e. The number of hydrogen-bond acceptors (Lipinski definition) is 8. The van der Waals surface area contributed by atoms with Crippen molar-refractivity contribution in [2.24, 2.45) is 0 Å². The van der Waals surface area contributed by atoms with Gasteiger partial charge in [-0.25, -0.2) is 4.98 Å². The Morgan fingerprint density at radius 3 is 2.64 bits per heavy atom. The maximum atomic E-state index is 13.0. The summed E-state index contributed by atoms with van der Waals surface area (Å²) in [6, 6.07) is 12.6. The Hall–Kier alpha value is -4.25. The highest BCUT2D eigenvalue weighted by Crippen LogP contribution is 2.31. The Kier molecular flexibility index (Phi) is 6.97. The van der Waals surface area contributed by atoms with E-state index >= 15 is 0 Å². The van der Waals surface area contributed by atoms with Crippen molar-refractivity contribution in [2.75, 3.05) is 18.9 Å². The number of fused-ring (bicyclic) bond motifs is 1. The van der Waals surface area contributed by atoms with Crippen LogP contribution in [-0.4, -0.2) is 56.2 Å². The van der Waals surface area contributed by atoms with E-state index in [2.05, 4.69) is 25.1 Å². The van der Waals surface area contributed by atoms with E-state index in [0.717, 1.165) is 43.0 Å². The van der Waals surface area contributed by atoms with Crippen LogP contribution in [-0.2, 0) is 17.8 Å². The van der Waals surface area contributed by atoms with E-state index < -0.39 is 6.10 Å². The summed E-state index contributed by atoms with van der Waals surface area (Å²) >= 11 is 1.33. The minimum Gasteiger partial charge on any atom is -0.480 e. The van der Waals surface area contributed by atoms with Gasteiger partial charge in [0.15, 0.2) is 17.1 Å². The minimum absolute atomic E-state index is 0.0860. The first-order valence-electron chi connectivity index (χ1n) is 13.0. The van der Waals surface area contributed by atoms with Crippen LogP contribution in [0.2, 0.25) is 0 Å². The number of nitrogens with one attached hydrogen (secondary N) is 1. The number of carbonyl (C=O) groups is 2. The number of carbonyl (C=O) groups excluding carboxylic acids is 2. The molecule has 39 heavy (non-hydrogen) atoms. The summed E-state index contributed by atoms with van der Waals surface area (Å²) in [6.45, 7) is 1.55. The second-order valence-corrected chi connectivity index (χ2v) is 10.6. The molecule has 0 radical (unpaired) electrons. The molecule has 6 rings (SSSR count). The Balaban J connectivity index is 1.24. The number of likely N-dealkylation sites (tertiary alicyclic amines) is 1. The van der Waals surface area contributed by atoms with E-state index in [1.54, 1.807) is 41.7 Å². The largest absolute Gasteiger partial charge is 0.480 e. The number of aryl methyl sites for hydroxylation is 1. The SMILES string of the molecule is CN1CC[C@H](Oc2cc(Oc3ccc(-c4nnc5n4CCCCC5)cc3)cc(C(=O)Nc3nccs3)c2)C1=O. The molecule has 2 aliphatic rings. The van der Waals surface area contributed by atoms with E-state index in [1.807, 2.05) is 24.3 Å². The van der Waals surface area contributed by atoms with Gasteiger partial charge < -0.3 is 18.9 Å². The zero-order chi connectivity index (χ0) is 26.8. The van der Waals surface area contributed by atoms with Crippen LogP contribution < -0.4 is 14.8 Å². The van der Waals surface area contributed by atoms with Crippen LogP contribution in [0.5, 0.6) is 17.2 Å². The molecule has 0 bridgehead atoms. The van der Waals surface area contributed by atoms with Crippen molar-refractivity contribution in [1.82, 2.24) is 24.6 Å². The fourth-order valence-corrected chi connectivity index (χ4v) is 5.38. The Bertz CT molecular complexity index is 1480. The average molecular weight is 545 g/mol. The van der Waals surface area contributed by atoms with Gasteiger partial charge in [0.2, 0.25) is 0 Å². The summed E-state index contributed by atoms with van der Waals surface area (Å²) in [5, 5.41) is 13.9. The number of likely N-dealkylation sites (N-methyl/N-ethyl adjacent to an activating group) is 1. The van der Waals surface area contributed by atoms with Crippen LogP contribution in [0.4, 0.5) is 5.13 Å². The molecule has 4 aromatic rings. The molecule has 4 heterocycles. The van der Waals surface area contributed by atoms with Crippen molar-refractivity contribution in [1.29, 1.82) is 0 Å². The lowest BCUT2D eigenvalue weighted by Gasteiger charge is -2.16. The predicted octanol–water partition coefficient (Wildman–Crippen LogP) is 4.78. The van der Waals surface area contributed by atoms with Crippen LogP contribution in [0, 0.1) is 0 Å². The van der Waals surface area contributed by atoms with E-state index in [9.17, 15) is 9.59 Å². The first-order valence-corrected chi connectivity index (χ1v) is 13.9. The van der Waals surface area contributed by atoms with Crippen LogP contribution in [0.25, 0.3) is 11.4 Å². The number of amides is 2. The van der Waals surface area contributed by atoms with Gasteiger partial charge >= 0.3 is 0 Å². The molecule has 0 unspecified atom stereocenters. The van der Waals surface area contributed by atoms with Gasteiger partial charge in [0.1, 0.15) is 23.1 Å². The molecule has 2 aliphatic heterocycles. The third kappa shape index (κ3) is 5.49. The number of ether oxygens (including phenoxy) is 2. The van der Waals surface area contributed by atoms with Crippen LogP contribution in [0.15, 0.2) is 54.0 Å². The monoisotopic (exact) mass is 544 g/mol. The van der Waals surface area contributed by atoms with Gasteiger partial charge in [0.05, 0.1) is 0 Å². The van der Waals surface area contributed by atoms with Crippen molar-refractivity contribution in [3.8, 4) is 28.6 Å². The lowest BCUT2D eigenvalue weighted by Crippen LogP contribution is -2.29. The van der Waals surface area contributed by atoms with Crippen molar-refractivity contribution in [3.63, 3.8) is 0 Å².